The summed E-state index contributed by atoms with van der Waals surface area (Å²) >= 11 is 1.42. The first-order valence-electron chi connectivity index (χ1n) is 9.46. The van der Waals surface area contributed by atoms with Crippen LogP contribution in [0.15, 0.2) is 65.6 Å². The molecule has 0 saturated heterocycles. The van der Waals surface area contributed by atoms with Crippen LogP contribution in [0.3, 0.4) is 0 Å². The van der Waals surface area contributed by atoms with E-state index in [1.165, 1.54) is 11.3 Å². The zero-order chi connectivity index (χ0) is 21.6. The number of hydrogen-bond donors (Lipinski definition) is 2. The van der Waals surface area contributed by atoms with Crippen LogP contribution >= 0.6 is 11.3 Å². The van der Waals surface area contributed by atoms with E-state index in [4.69, 9.17) is 9.47 Å². The number of hydrogen-bond acceptors (Lipinski definition) is 6. The molecule has 0 bridgehead atoms. The van der Waals surface area contributed by atoms with E-state index in [9.17, 15) is 9.59 Å². The first-order chi connectivity index (χ1) is 15.1. The second-order valence-corrected chi connectivity index (χ2v) is 7.38. The molecule has 8 nitrogen and oxygen atoms in total. The lowest BCUT2D eigenvalue weighted by Gasteiger charge is -2.12. The average molecular weight is 436 g/mol. The molecule has 0 spiro atoms. The standard InChI is InChI=1S/C22H20N4O4S/c1-29-18-6-5-16(25-21(27)11-23-22(28)15-7-9-31-14-15)10-19(18)30-13-17-12-26-8-3-2-4-20(26)24-17/h2-10,12,14H,11,13H2,1H3,(H,23,28)(H,25,27). The van der Waals surface area contributed by atoms with Crippen LogP contribution in [-0.4, -0.2) is 34.9 Å². The third kappa shape index (κ3) is 5.01. The Bertz CT molecular complexity index is 1170. The van der Waals surface area contributed by atoms with Gasteiger partial charge in [0.2, 0.25) is 5.91 Å². The minimum atomic E-state index is -0.347. The van der Waals surface area contributed by atoms with Crippen molar-refractivity contribution in [2.75, 3.05) is 19.0 Å². The topological polar surface area (TPSA) is 94.0 Å². The molecule has 0 aliphatic carbocycles. The highest BCUT2D eigenvalue weighted by Crippen LogP contribution is 2.31. The van der Waals surface area contributed by atoms with Crippen molar-refractivity contribution >= 4 is 34.5 Å². The number of benzene rings is 1. The van der Waals surface area contributed by atoms with Gasteiger partial charge in [-0.3, -0.25) is 9.59 Å². The van der Waals surface area contributed by atoms with Crippen LogP contribution in [0.4, 0.5) is 5.69 Å². The van der Waals surface area contributed by atoms with E-state index in [0.29, 0.717) is 22.7 Å². The van der Waals surface area contributed by atoms with Crippen molar-refractivity contribution in [2.45, 2.75) is 6.61 Å². The predicted molar refractivity (Wildman–Crippen MR) is 118 cm³/mol. The molecule has 31 heavy (non-hydrogen) atoms. The highest BCUT2D eigenvalue weighted by Gasteiger charge is 2.12. The number of amides is 2. The summed E-state index contributed by atoms with van der Waals surface area (Å²) in [6.07, 6.45) is 3.81. The van der Waals surface area contributed by atoms with Gasteiger partial charge >= 0.3 is 0 Å². The molecule has 1 aromatic carbocycles. The van der Waals surface area contributed by atoms with Crippen LogP contribution in [0.2, 0.25) is 0 Å². The van der Waals surface area contributed by atoms with Crippen LogP contribution in [0, 0.1) is 0 Å². The van der Waals surface area contributed by atoms with Crippen molar-refractivity contribution < 1.29 is 19.1 Å². The molecule has 0 atom stereocenters. The Labute approximate surface area is 182 Å². The van der Waals surface area contributed by atoms with Crippen LogP contribution in [0.25, 0.3) is 5.65 Å². The fourth-order valence-corrected chi connectivity index (χ4v) is 3.57. The Hall–Kier alpha value is -3.85. The van der Waals surface area contributed by atoms with Gasteiger partial charge in [0, 0.05) is 35.1 Å². The minimum Gasteiger partial charge on any atom is -0.493 e. The molecular formula is C22H20N4O4S. The Morgan fingerprint density at radius 2 is 2.06 bits per heavy atom. The third-order valence-electron chi connectivity index (χ3n) is 4.43. The van der Waals surface area contributed by atoms with Gasteiger partial charge in [0.05, 0.1) is 19.3 Å². The second-order valence-electron chi connectivity index (χ2n) is 6.60. The molecule has 9 heteroatoms. The van der Waals surface area contributed by atoms with Crippen molar-refractivity contribution in [3.05, 3.63) is 76.9 Å². The summed E-state index contributed by atoms with van der Waals surface area (Å²) in [4.78, 5) is 28.7. The minimum absolute atomic E-state index is 0.141. The summed E-state index contributed by atoms with van der Waals surface area (Å²) in [6.45, 7) is 0.101. The zero-order valence-electron chi connectivity index (χ0n) is 16.7. The summed E-state index contributed by atoms with van der Waals surface area (Å²) in [5.41, 5.74) is 2.66. The maximum absolute atomic E-state index is 12.2. The molecule has 3 heterocycles. The fourth-order valence-electron chi connectivity index (χ4n) is 2.94. The van der Waals surface area contributed by atoms with E-state index in [2.05, 4.69) is 15.6 Å². The number of pyridine rings is 1. The molecule has 3 aromatic heterocycles. The number of aromatic nitrogens is 2. The molecule has 158 valence electrons. The zero-order valence-corrected chi connectivity index (χ0v) is 17.5. The van der Waals surface area contributed by atoms with Crippen LogP contribution < -0.4 is 20.1 Å². The van der Waals surface area contributed by atoms with Crippen LogP contribution in [-0.2, 0) is 11.4 Å². The first-order valence-corrected chi connectivity index (χ1v) is 10.4. The van der Waals surface area contributed by atoms with Crippen molar-refractivity contribution in [3.8, 4) is 11.5 Å². The molecule has 0 fully saturated rings. The van der Waals surface area contributed by atoms with Crippen molar-refractivity contribution in [3.63, 3.8) is 0 Å². The maximum atomic E-state index is 12.2. The number of nitrogens with one attached hydrogen (secondary N) is 2. The van der Waals surface area contributed by atoms with Gasteiger partial charge in [-0.25, -0.2) is 4.98 Å². The summed E-state index contributed by atoms with van der Waals surface area (Å²) < 4.78 is 13.2. The Morgan fingerprint density at radius 1 is 1.16 bits per heavy atom. The van der Waals surface area contributed by atoms with Crippen molar-refractivity contribution in [2.24, 2.45) is 0 Å². The molecule has 4 aromatic rings. The number of thiophene rings is 1. The molecule has 2 amide bonds. The van der Waals surface area contributed by atoms with Gasteiger partial charge in [0.1, 0.15) is 12.3 Å². The van der Waals surface area contributed by atoms with E-state index < -0.39 is 0 Å². The SMILES string of the molecule is COc1ccc(NC(=O)CNC(=O)c2ccsc2)cc1OCc1cn2ccccc2n1. The van der Waals surface area contributed by atoms with Gasteiger partial charge in [0.25, 0.3) is 5.91 Å². The normalized spacial score (nSPS) is 10.6. The highest BCUT2D eigenvalue weighted by molar-refractivity contribution is 7.08. The molecule has 0 radical (unpaired) electrons. The molecule has 2 N–H and O–H groups in total. The fraction of sp³-hybridized carbons (Fsp3) is 0.136. The molecule has 0 unspecified atom stereocenters. The van der Waals surface area contributed by atoms with E-state index in [0.717, 1.165) is 11.3 Å². The third-order valence-corrected chi connectivity index (χ3v) is 5.11. The van der Waals surface area contributed by atoms with Crippen LogP contribution in [0.5, 0.6) is 11.5 Å². The Balaban J connectivity index is 1.38. The Morgan fingerprint density at radius 3 is 2.84 bits per heavy atom. The van der Waals surface area contributed by atoms with Gasteiger partial charge in [0.15, 0.2) is 11.5 Å². The number of ether oxygens (including phenoxy) is 2. The lowest BCUT2D eigenvalue weighted by molar-refractivity contribution is -0.115. The van der Waals surface area contributed by atoms with Gasteiger partial charge < -0.3 is 24.5 Å². The molecular weight excluding hydrogens is 416 g/mol. The lowest BCUT2D eigenvalue weighted by Crippen LogP contribution is -2.32. The first kappa shape index (κ1) is 20.4. The summed E-state index contributed by atoms with van der Waals surface area (Å²) in [7, 11) is 1.55. The van der Waals surface area contributed by atoms with Gasteiger partial charge in [-0.1, -0.05) is 6.07 Å². The summed E-state index contributed by atoms with van der Waals surface area (Å²) in [6, 6.07) is 12.6. The molecule has 4 rings (SSSR count). The second kappa shape index (κ2) is 9.31. The number of nitrogens with zero attached hydrogens (tertiary/aromatic N) is 2. The van der Waals surface area contributed by atoms with E-state index >= 15 is 0 Å². The van der Waals surface area contributed by atoms with Crippen molar-refractivity contribution in [1.29, 1.82) is 0 Å². The van der Waals surface area contributed by atoms with Gasteiger partial charge in [-0.05, 0) is 35.7 Å². The number of carbonyl (C=O) groups excluding carboxylic acids is 2. The van der Waals surface area contributed by atoms with E-state index in [-0.39, 0.29) is 25.0 Å². The average Bonchev–Trinajstić information content (AvgIpc) is 3.46. The molecule has 0 aliphatic heterocycles. The van der Waals surface area contributed by atoms with Gasteiger partial charge in [-0.15, -0.1) is 0 Å². The van der Waals surface area contributed by atoms with E-state index in [1.807, 2.05) is 35.0 Å². The Kier molecular flexibility index (Phi) is 6.13. The number of imidazole rings is 1. The number of rotatable bonds is 8. The number of anilines is 1. The summed E-state index contributed by atoms with van der Waals surface area (Å²) in [5, 5.41) is 8.87. The van der Waals surface area contributed by atoms with Crippen molar-refractivity contribution in [1.82, 2.24) is 14.7 Å². The molecule has 0 aliphatic rings. The number of methoxy groups -OCH3 is 1. The van der Waals surface area contributed by atoms with E-state index in [1.54, 1.807) is 42.1 Å². The number of fused-ring (bicyclic) bond motifs is 1. The smallest absolute Gasteiger partial charge is 0.252 e. The molecule has 0 saturated carbocycles. The summed E-state index contributed by atoms with van der Waals surface area (Å²) in [5.74, 6) is 0.370. The largest absolute Gasteiger partial charge is 0.493 e. The quantitative estimate of drug-likeness (QED) is 0.442. The number of carbonyl (C=O) groups is 2. The lowest BCUT2D eigenvalue weighted by atomic mass is 10.2. The van der Waals surface area contributed by atoms with Gasteiger partial charge in [-0.2, -0.15) is 11.3 Å². The van der Waals surface area contributed by atoms with Crippen LogP contribution in [0.1, 0.15) is 16.1 Å². The maximum Gasteiger partial charge on any atom is 0.252 e. The highest BCUT2D eigenvalue weighted by atomic mass is 32.1. The monoisotopic (exact) mass is 436 g/mol. The predicted octanol–water partition coefficient (Wildman–Crippen LogP) is 3.35.